The Kier molecular flexibility index (Phi) is 1.50. The van der Waals surface area contributed by atoms with E-state index >= 15 is 0 Å². The van der Waals surface area contributed by atoms with E-state index in [0.29, 0.717) is 6.04 Å². The molecule has 0 radical (unpaired) electrons. The van der Waals surface area contributed by atoms with E-state index in [1.807, 2.05) is 0 Å². The van der Waals surface area contributed by atoms with Crippen LogP contribution in [0.1, 0.15) is 12.5 Å². The van der Waals surface area contributed by atoms with E-state index in [0.717, 1.165) is 19.5 Å². The largest absolute Gasteiger partial charge is 0.343 e. The van der Waals surface area contributed by atoms with E-state index in [9.17, 15) is 4.79 Å². The Morgan fingerprint density at radius 3 is 3.18 bits per heavy atom. The molecule has 0 aromatic carbocycles. The molecular formula is C6H10N4O. The second-order valence-corrected chi connectivity index (χ2v) is 2.72. The van der Waals surface area contributed by atoms with Crippen molar-refractivity contribution in [1.29, 1.82) is 0 Å². The average Bonchev–Trinajstić information content (AvgIpc) is 2.55. The summed E-state index contributed by atoms with van der Waals surface area (Å²) in [6.07, 6.45) is 2.57. The monoisotopic (exact) mass is 154 g/mol. The molecule has 1 aliphatic rings. The molecule has 1 aliphatic heterocycles. The molecule has 0 aliphatic carbocycles. The molecule has 2 heterocycles. The first-order valence-corrected chi connectivity index (χ1v) is 3.70. The van der Waals surface area contributed by atoms with Gasteiger partial charge in [-0.15, -0.1) is 0 Å². The van der Waals surface area contributed by atoms with Gasteiger partial charge in [0, 0.05) is 6.54 Å². The number of aromatic amines is 1. The van der Waals surface area contributed by atoms with Gasteiger partial charge < -0.3 is 5.32 Å². The van der Waals surface area contributed by atoms with Crippen LogP contribution in [0.5, 0.6) is 0 Å². The highest BCUT2D eigenvalue weighted by molar-refractivity contribution is 4.80. The smallest absolute Gasteiger partial charge is 0.315 e. The molecule has 2 rings (SSSR count). The Balaban J connectivity index is 2.28. The van der Waals surface area contributed by atoms with Gasteiger partial charge in [-0.1, -0.05) is 0 Å². The highest BCUT2D eigenvalue weighted by Crippen LogP contribution is 2.10. The summed E-state index contributed by atoms with van der Waals surface area (Å²) in [5, 5.41) is 9.23. The number of nitrogens with zero attached hydrogens (tertiary/aromatic N) is 2. The molecular weight excluding hydrogens is 144 g/mol. The Labute approximate surface area is 63.4 Å². The zero-order valence-electron chi connectivity index (χ0n) is 6.08. The summed E-state index contributed by atoms with van der Waals surface area (Å²) in [5.74, 6) is 0. The van der Waals surface area contributed by atoms with Crippen LogP contribution in [0, 0.1) is 0 Å². The van der Waals surface area contributed by atoms with Crippen molar-refractivity contribution in [1.82, 2.24) is 20.1 Å². The highest BCUT2D eigenvalue weighted by Gasteiger charge is 2.17. The van der Waals surface area contributed by atoms with Crippen molar-refractivity contribution in [3.05, 3.63) is 16.8 Å². The third kappa shape index (κ3) is 1.07. The van der Waals surface area contributed by atoms with Gasteiger partial charge in [0.25, 0.3) is 0 Å². The molecule has 1 aromatic heterocycles. The lowest BCUT2D eigenvalue weighted by molar-refractivity contribution is 0.530. The van der Waals surface area contributed by atoms with Gasteiger partial charge >= 0.3 is 5.69 Å². The van der Waals surface area contributed by atoms with Gasteiger partial charge in [0.05, 0.1) is 6.04 Å². The van der Waals surface area contributed by atoms with Crippen molar-refractivity contribution < 1.29 is 0 Å². The van der Waals surface area contributed by atoms with Crippen LogP contribution in [0.15, 0.2) is 11.1 Å². The van der Waals surface area contributed by atoms with Crippen molar-refractivity contribution in [2.45, 2.75) is 12.5 Å². The van der Waals surface area contributed by atoms with Gasteiger partial charge in [-0.05, 0) is 13.0 Å². The second-order valence-electron chi connectivity index (χ2n) is 2.72. The molecule has 0 spiro atoms. The summed E-state index contributed by atoms with van der Waals surface area (Å²) in [5.41, 5.74) is -0.112. The molecule has 5 heteroatoms. The topological polar surface area (TPSA) is 62.7 Å². The fraction of sp³-hybridized carbons (Fsp3) is 0.667. The Morgan fingerprint density at radius 2 is 2.64 bits per heavy atom. The number of rotatable bonds is 1. The molecule has 1 atom stereocenters. The van der Waals surface area contributed by atoms with Crippen LogP contribution in [0.2, 0.25) is 0 Å². The molecule has 1 fully saturated rings. The second kappa shape index (κ2) is 2.50. The van der Waals surface area contributed by atoms with Crippen LogP contribution >= 0.6 is 0 Å². The van der Waals surface area contributed by atoms with Crippen LogP contribution in [0.3, 0.4) is 0 Å². The van der Waals surface area contributed by atoms with E-state index < -0.39 is 0 Å². The average molecular weight is 154 g/mol. The zero-order valence-corrected chi connectivity index (χ0v) is 6.08. The summed E-state index contributed by atoms with van der Waals surface area (Å²) in [6, 6.07) is 0.293. The van der Waals surface area contributed by atoms with Crippen molar-refractivity contribution in [3.8, 4) is 0 Å². The lowest BCUT2D eigenvalue weighted by atomic mass is 10.3. The van der Waals surface area contributed by atoms with Crippen LogP contribution < -0.4 is 11.0 Å². The van der Waals surface area contributed by atoms with Crippen molar-refractivity contribution in [2.24, 2.45) is 0 Å². The summed E-state index contributed by atoms with van der Waals surface area (Å²) in [6.45, 7) is 1.86. The lowest BCUT2D eigenvalue weighted by Crippen LogP contribution is -2.23. The molecule has 0 amide bonds. The molecule has 0 saturated carbocycles. The maximum atomic E-state index is 11.0. The molecule has 11 heavy (non-hydrogen) atoms. The van der Waals surface area contributed by atoms with Crippen LogP contribution in [0.4, 0.5) is 0 Å². The molecule has 0 bridgehead atoms. The summed E-state index contributed by atoms with van der Waals surface area (Å²) >= 11 is 0. The van der Waals surface area contributed by atoms with Crippen LogP contribution in [-0.2, 0) is 0 Å². The summed E-state index contributed by atoms with van der Waals surface area (Å²) in [4.78, 5) is 11.0. The SMILES string of the molecule is O=c1[nH]ncn1[C@H]1CCNC1. The van der Waals surface area contributed by atoms with Crippen molar-refractivity contribution >= 4 is 0 Å². The summed E-state index contributed by atoms with van der Waals surface area (Å²) in [7, 11) is 0. The highest BCUT2D eigenvalue weighted by atomic mass is 16.1. The number of H-pyrrole nitrogens is 1. The van der Waals surface area contributed by atoms with E-state index in [4.69, 9.17) is 0 Å². The third-order valence-electron chi connectivity index (χ3n) is 2.00. The van der Waals surface area contributed by atoms with E-state index in [1.165, 1.54) is 0 Å². The van der Waals surface area contributed by atoms with Gasteiger partial charge in [0.1, 0.15) is 6.33 Å². The zero-order chi connectivity index (χ0) is 7.68. The predicted molar refractivity (Wildman–Crippen MR) is 39.4 cm³/mol. The van der Waals surface area contributed by atoms with Crippen molar-refractivity contribution in [2.75, 3.05) is 13.1 Å². The number of hydrogen-bond acceptors (Lipinski definition) is 3. The van der Waals surface area contributed by atoms with Gasteiger partial charge in [-0.2, -0.15) is 5.10 Å². The predicted octanol–water partition coefficient (Wildman–Crippen LogP) is -0.894. The maximum Gasteiger partial charge on any atom is 0.343 e. The molecule has 2 N–H and O–H groups in total. The first kappa shape index (κ1) is 6.60. The Hall–Kier alpha value is -1.10. The molecule has 1 aromatic rings. The minimum Gasteiger partial charge on any atom is -0.315 e. The molecule has 60 valence electrons. The summed E-state index contributed by atoms with van der Waals surface area (Å²) < 4.78 is 1.64. The van der Waals surface area contributed by atoms with E-state index in [1.54, 1.807) is 10.9 Å². The van der Waals surface area contributed by atoms with Crippen molar-refractivity contribution in [3.63, 3.8) is 0 Å². The molecule has 1 saturated heterocycles. The normalized spacial score (nSPS) is 24.2. The Morgan fingerprint density at radius 1 is 1.73 bits per heavy atom. The first-order chi connectivity index (χ1) is 5.38. The van der Waals surface area contributed by atoms with E-state index in [2.05, 4.69) is 15.5 Å². The molecule has 5 nitrogen and oxygen atoms in total. The van der Waals surface area contributed by atoms with Crippen LogP contribution in [0.25, 0.3) is 0 Å². The van der Waals surface area contributed by atoms with Crippen LogP contribution in [-0.4, -0.2) is 27.9 Å². The number of hydrogen-bond donors (Lipinski definition) is 2. The first-order valence-electron chi connectivity index (χ1n) is 3.70. The lowest BCUT2D eigenvalue weighted by Gasteiger charge is -2.05. The fourth-order valence-corrected chi connectivity index (χ4v) is 1.39. The van der Waals surface area contributed by atoms with E-state index in [-0.39, 0.29) is 5.69 Å². The number of nitrogens with one attached hydrogen (secondary N) is 2. The minimum absolute atomic E-state index is 0.112. The van der Waals surface area contributed by atoms with Gasteiger partial charge in [0.2, 0.25) is 0 Å². The number of aromatic nitrogens is 3. The van der Waals surface area contributed by atoms with Gasteiger partial charge in [0.15, 0.2) is 0 Å². The minimum atomic E-state index is -0.112. The maximum absolute atomic E-state index is 11.0. The quantitative estimate of drug-likeness (QED) is 0.551. The van der Waals surface area contributed by atoms with Gasteiger partial charge in [-0.25, -0.2) is 9.89 Å². The Bertz CT molecular complexity index is 283. The fourth-order valence-electron chi connectivity index (χ4n) is 1.39. The standard InChI is InChI=1S/C6H10N4O/c11-6-9-8-4-10(6)5-1-2-7-3-5/h4-5,7H,1-3H2,(H,9,11)/t5-/m0/s1. The molecule has 0 unspecified atom stereocenters. The third-order valence-corrected chi connectivity index (χ3v) is 2.00. The van der Waals surface area contributed by atoms with Gasteiger partial charge in [-0.3, -0.25) is 4.57 Å².